The molecule has 0 fully saturated rings. The van der Waals surface area contributed by atoms with Gasteiger partial charge >= 0.3 is 5.97 Å². The number of aromatic carboxylic acids is 1. The Hall–Kier alpha value is -2.24. The maximum Gasteiger partial charge on any atom is 0.341 e. The van der Waals surface area contributed by atoms with E-state index in [1.54, 1.807) is 13.8 Å². The molecule has 2 aromatic heterocycles. The van der Waals surface area contributed by atoms with Crippen molar-refractivity contribution in [2.24, 2.45) is 0 Å². The first kappa shape index (κ1) is 10.3. The van der Waals surface area contributed by atoms with Gasteiger partial charge in [-0.3, -0.25) is 0 Å². The smallest absolute Gasteiger partial charge is 0.341 e. The van der Waals surface area contributed by atoms with Crippen LogP contribution < -0.4 is 0 Å². The third-order valence-corrected chi connectivity index (χ3v) is 2.13. The van der Waals surface area contributed by atoms with Crippen LogP contribution in [0.25, 0.3) is 11.3 Å². The lowest BCUT2D eigenvalue weighted by atomic mass is 10.1. The highest BCUT2D eigenvalue weighted by Crippen LogP contribution is 2.23. The molecule has 82 valence electrons. The van der Waals surface area contributed by atoms with Gasteiger partial charge in [-0.15, -0.1) is 0 Å². The normalized spacial score (nSPS) is 10.4. The number of carboxylic acid groups (broad SMARTS) is 1. The van der Waals surface area contributed by atoms with Gasteiger partial charge in [-0.2, -0.15) is 0 Å². The van der Waals surface area contributed by atoms with E-state index in [4.69, 9.17) is 9.63 Å². The molecule has 0 aliphatic rings. The second-order valence-corrected chi connectivity index (χ2v) is 3.29. The molecule has 0 spiro atoms. The molecule has 0 bridgehead atoms. The lowest BCUT2D eigenvalue weighted by Crippen LogP contribution is -2.00. The molecular formula is C10H9N3O3. The summed E-state index contributed by atoms with van der Waals surface area (Å²) in [5.74, 6) is -0.196. The zero-order chi connectivity index (χ0) is 11.7. The molecule has 0 aliphatic carbocycles. The molecule has 2 heterocycles. The first-order valence-electron chi connectivity index (χ1n) is 4.58. The maximum atomic E-state index is 11.0. The van der Waals surface area contributed by atoms with E-state index in [0.29, 0.717) is 11.4 Å². The molecule has 0 atom stereocenters. The van der Waals surface area contributed by atoms with E-state index in [-0.39, 0.29) is 17.0 Å². The average Bonchev–Trinajstić information content (AvgIpc) is 2.61. The van der Waals surface area contributed by atoms with Gasteiger partial charge < -0.3 is 9.63 Å². The molecule has 16 heavy (non-hydrogen) atoms. The van der Waals surface area contributed by atoms with E-state index < -0.39 is 5.97 Å². The number of carboxylic acids is 1. The summed E-state index contributed by atoms with van der Waals surface area (Å²) in [6, 6.07) is 0. The number of aromatic nitrogens is 3. The van der Waals surface area contributed by atoms with Gasteiger partial charge in [-0.05, 0) is 13.8 Å². The molecule has 6 heteroatoms. The monoisotopic (exact) mass is 219 g/mol. The molecule has 0 aromatic carbocycles. The van der Waals surface area contributed by atoms with Crippen molar-refractivity contribution in [2.45, 2.75) is 13.8 Å². The number of nitrogens with zero attached hydrogens (tertiary/aromatic N) is 3. The van der Waals surface area contributed by atoms with E-state index in [9.17, 15) is 4.79 Å². The maximum absolute atomic E-state index is 11.0. The molecule has 0 radical (unpaired) electrons. The Morgan fingerprint density at radius 2 is 1.94 bits per heavy atom. The van der Waals surface area contributed by atoms with Gasteiger partial charge in [0.05, 0.1) is 0 Å². The topological polar surface area (TPSA) is 89.1 Å². The van der Waals surface area contributed by atoms with E-state index in [2.05, 4.69) is 15.1 Å². The summed E-state index contributed by atoms with van der Waals surface area (Å²) >= 11 is 0. The van der Waals surface area contributed by atoms with Crippen molar-refractivity contribution < 1.29 is 14.4 Å². The number of aryl methyl sites for hydroxylation is 2. The fourth-order valence-corrected chi connectivity index (χ4v) is 1.34. The summed E-state index contributed by atoms with van der Waals surface area (Å²) in [7, 11) is 0. The molecule has 0 unspecified atom stereocenters. The lowest BCUT2D eigenvalue weighted by molar-refractivity contribution is 0.0696. The lowest BCUT2D eigenvalue weighted by Gasteiger charge is -1.97. The minimum absolute atomic E-state index is 0.0486. The Kier molecular flexibility index (Phi) is 2.40. The van der Waals surface area contributed by atoms with Crippen molar-refractivity contribution >= 4 is 5.97 Å². The standard InChI is InChI=1S/C10H9N3O3/c1-5-8(10(14)15)9(13-16-5)7-3-11-6(2)12-4-7/h3-4H,1-2H3,(H,14,15). The van der Waals surface area contributed by atoms with Crippen LogP contribution in [-0.2, 0) is 0 Å². The predicted molar refractivity (Wildman–Crippen MR) is 54.0 cm³/mol. The highest BCUT2D eigenvalue weighted by Gasteiger charge is 2.21. The zero-order valence-electron chi connectivity index (χ0n) is 8.76. The quantitative estimate of drug-likeness (QED) is 0.822. The van der Waals surface area contributed by atoms with Crippen LogP contribution in [0.5, 0.6) is 0 Å². The molecule has 0 amide bonds. The highest BCUT2D eigenvalue weighted by atomic mass is 16.5. The predicted octanol–water partition coefficient (Wildman–Crippen LogP) is 1.45. The first-order chi connectivity index (χ1) is 7.59. The summed E-state index contributed by atoms with van der Waals surface area (Å²) in [4.78, 5) is 19.0. The van der Waals surface area contributed by atoms with E-state index in [0.717, 1.165) is 0 Å². The van der Waals surface area contributed by atoms with Crippen molar-refractivity contribution in [3.05, 3.63) is 29.5 Å². The van der Waals surface area contributed by atoms with Gasteiger partial charge in [0.2, 0.25) is 0 Å². The molecule has 1 N–H and O–H groups in total. The van der Waals surface area contributed by atoms with Gasteiger partial charge in [0.25, 0.3) is 0 Å². The average molecular weight is 219 g/mol. The van der Waals surface area contributed by atoms with Gasteiger partial charge in [0.1, 0.15) is 22.8 Å². The summed E-state index contributed by atoms with van der Waals surface area (Å²) in [5.41, 5.74) is 0.831. The summed E-state index contributed by atoms with van der Waals surface area (Å²) in [6.45, 7) is 3.30. The summed E-state index contributed by atoms with van der Waals surface area (Å²) in [6.07, 6.45) is 3.04. The van der Waals surface area contributed by atoms with Gasteiger partial charge in [0.15, 0.2) is 0 Å². The van der Waals surface area contributed by atoms with Crippen molar-refractivity contribution in [3.63, 3.8) is 0 Å². The van der Waals surface area contributed by atoms with E-state index in [1.807, 2.05) is 0 Å². The number of rotatable bonds is 2. The van der Waals surface area contributed by atoms with Crippen LogP contribution in [0.2, 0.25) is 0 Å². The van der Waals surface area contributed by atoms with Crippen LogP contribution in [0.15, 0.2) is 16.9 Å². The van der Waals surface area contributed by atoms with E-state index >= 15 is 0 Å². The Balaban J connectivity index is 2.56. The highest BCUT2D eigenvalue weighted by molar-refractivity contribution is 5.95. The Labute approximate surface area is 90.9 Å². The first-order valence-corrected chi connectivity index (χ1v) is 4.58. The molecule has 0 saturated heterocycles. The van der Waals surface area contributed by atoms with Crippen molar-refractivity contribution in [2.75, 3.05) is 0 Å². The Morgan fingerprint density at radius 3 is 2.50 bits per heavy atom. The SMILES string of the molecule is Cc1ncc(-c2noc(C)c2C(=O)O)cn1. The largest absolute Gasteiger partial charge is 0.477 e. The van der Waals surface area contributed by atoms with Crippen LogP contribution in [0.3, 0.4) is 0 Å². The van der Waals surface area contributed by atoms with Crippen LogP contribution in [-0.4, -0.2) is 26.2 Å². The van der Waals surface area contributed by atoms with Crippen LogP contribution in [0.4, 0.5) is 0 Å². The molecule has 2 aromatic rings. The van der Waals surface area contributed by atoms with Crippen molar-refractivity contribution in [1.82, 2.24) is 15.1 Å². The second-order valence-electron chi connectivity index (χ2n) is 3.29. The van der Waals surface area contributed by atoms with Gasteiger partial charge in [-0.25, -0.2) is 14.8 Å². The molecule has 0 saturated carbocycles. The van der Waals surface area contributed by atoms with Crippen molar-refractivity contribution in [3.8, 4) is 11.3 Å². The fourth-order valence-electron chi connectivity index (χ4n) is 1.34. The van der Waals surface area contributed by atoms with Crippen molar-refractivity contribution in [1.29, 1.82) is 0 Å². The minimum Gasteiger partial charge on any atom is -0.477 e. The molecule has 2 rings (SSSR count). The van der Waals surface area contributed by atoms with Gasteiger partial charge in [0, 0.05) is 18.0 Å². The zero-order valence-corrected chi connectivity index (χ0v) is 8.76. The Bertz CT molecular complexity index is 531. The number of carbonyl (C=O) groups is 1. The van der Waals surface area contributed by atoms with Gasteiger partial charge in [-0.1, -0.05) is 5.16 Å². The molecule has 6 nitrogen and oxygen atoms in total. The second kappa shape index (κ2) is 3.73. The summed E-state index contributed by atoms with van der Waals surface area (Å²) < 4.78 is 4.86. The number of hydrogen-bond acceptors (Lipinski definition) is 5. The summed E-state index contributed by atoms with van der Waals surface area (Å²) in [5, 5.41) is 12.7. The van der Waals surface area contributed by atoms with Crippen LogP contribution in [0.1, 0.15) is 21.9 Å². The molecular weight excluding hydrogens is 210 g/mol. The van der Waals surface area contributed by atoms with Crippen LogP contribution >= 0.6 is 0 Å². The number of hydrogen-bond donors (Lipinski definition) is 1. The molecule has 0 aliphatic heterocycles. The third-order valence-electron chi connectivity index (χ3n) is 2.13. The Morgan fingerprint density at radius 1 is 1.31 bits per heavy atom. The van der Waals surface area contributed by atoms with E-state index in [1.165, 1.54) is 12.4 Å². The van der Waals surface area contributed by atoms with Crippen LogP contribution in [0, 0.1) is 13.8 Å². The fraction of sp³-hybridized carbons (Fsp3) is 0.200. The minimum atomic E-state index is -1.07. The third kappa shape index (κ3) is 1.65.